The molecule has 7 heteroatoms. The van der Waals surface area contributed by atoms with E-state index >= 15 is 0 Å². The minimum Gasteiger partial charge on any atom is -0.507 e. The lowest BCUT2D eigenvalue weighted by molar-refractivity contribution is 0.218. The predicted octanol–water partition coefficient (Wildman–Crippen LogP) is 6.83. The normalized spacial score (nSPS) is 20.3. The highest BCUT2D eigenvalue weighted by Crippen LogP contribution is 2.56. The van der Waals surface area contributed by atoms with E-state index in [1.165, 1.54) is 16.7 Å². The lowest BCUT2D eigenvalue weighted by atomic mass is 9.87. The van der Waals surface area contributed by atoms with Gasteiger partial charge in [-0.05, 0) is 104 Å². The van der Waals surface area contributed by atoms with Crippen molar-refractivity contribution >= 4 is 0 Å². The second-order valence-corrected chi connectivity index (χ2v) is 12.3. The van der Waals surface area contributed by atoms with E-state index in [2.05, 4.69) is 66.4 Å². The first-order valence-electron chi connectivity index (χ1n) is 15.1. The Labute approximate surface area is 252 Å². The zero-order valence-electron chi connectivity index (χ0n) is 25.1. The van der Waals surface area contributed by atoms with Gasteiger partial charge in [0.1, 0.15) is 11.5 Å². The Hall–Kier alpha value is -4.20. The molecule has 5 aliphatic rings. The topological polar surface area (TPSA) is 63.6 Å². The summed E-state index contributed by atoms with van der Waals surface area (Å²) in [5, 5.41) is 11.0. The molecule has 2 atom stereocenters. The van der Waals surface area contributed by atoms with Gasteiger partial charge >= 0.3 is 0 Å². The minimum absolute atomic E-state index is 0.0630. The molecule has 2 unspecified atom stereocenters. The molecule has 0 aliphatic carbocycles. The number of aromatic hydroxyl groups is 1. The van der Waals surface area contributed by atoms with Crippen LogP contribution >= 0.6 is 0 Å². The van der Waals surface area contributed by atoms with Crippen molar-refractivity contribution in [2.75, 3.05) is 41.4 Å². The van der Waals surface area contributed by atoms with Gasteiger partial charge in [0, 0.05) is 41.9 Å². The third kappa shape index (κ3) is 4.17. The molecule has 7 nitrogen and oxygen atoms in total. The molecule has 0 spiro atoms. The van der Waals surface area contributed by atoms with E-state index < -0.39 is 0 Å². The summed E-state index contributed by atoms with van der Waals surface area (Å²) in [4.78, 5) is 4.81. The fraction of sp³-hybridized carbons (Fsp3) is 0.333. The van der Waals surface area contributed by atoms with Gasteiger partial charge in [0.05, 0.1) is 14.2 Å². The molecule has 5 heterocycles. The number of benzene rings is 4. The number of phenolic OH excluding ortho intramolecular Hbond substituents is 1. The number of ether oxygens (including phenoxy) is 4. The zero-order valence-corrected chi connectivity index (χ0v) is 25.1. The predicted molar refractivity (Wildman–Crippen MR) is 165 cm³/mol. The van der Waals surface area contributed by atoms with Crippen molar-refractivity contribution < 1.29 is 24.1 Å². The van der Waals surface area contributed by atoms with Crippen LogP contribution in [0.5, 0.6) is 40.2 Å². The molecule has 0 amide bonds. The van der Waals surface area contributed by atoms with Gasteiger partial charge < -0.3 is 24.1 Å². The fourth-order valence-corrected chi connectivity index (χ4v) is 7.47. The molecule has 43 heavy (non-hydrogen) atoms. The summed E-state index contributed by atoms with van der Waals surface area (Å²) in [6, 6.07) is 19.0. The molecule has 0 fully saturated rings. The third-order valence-electron chi connectivity index (χ3n) is 9.87. The van der Waals surface area contributed by atoms with Gasteiger partial charge in [-0.25, -0.2) is 0 Å². The van der Waals surface area contributed by atoms with Crippen LogP contribution in [0.1, 0.15) is 45.5 Å². The molecule has 1 N–H and O–H groups in total. The van der Waals surface area contributed by atoms with Crippen molar-refractivity contribution in [3.8, 4) is 51.4 Å². The highest BCUT2D eigenvalue weighted by atomic mass is 16.6. The molecule has 9 rings (SSSR count). The SMILES string of the molecule is COc1cc2ccc1-c1cc(ccc1O)CC1c3cc4c(cc3CCN1C)Oc1c(OC)cc3c(c1O4)C(C2)N(C)CC3. The maximum absolute atomic E-state index is 11.0. The van der Waals surface area contributed by atoms with Crippen LogP contribution in [0.3, 0.4) is 0 Å². The lowest BCUT2D eigenvalue weighted by Crippen LogP contribution is -2.34. The quantitative estimate of drug-likeness (QED) is 0.247. The maximum Gasteiger partial charge on any atom is 0.212 e. The largest absolute Gasteiger partial charge is 0.507 e. The van der Waals surface area contributed by atoms with Crippen molar-refractivity contribution in [1.82, 2.24) is 9.80 Å². The van der Waals surface area contributed by atoms with Crippen molar-refractivity contribution in [2.24, 2.45) is 0 Å². The van der Waals surface area contributed by atoms with Gasteiger partial charge in [-0.2, -0.15) is 0 Å². The fourth-order valence-electron chi connectivity index (χ4n) is 7.47. The van der Waals surface area contributed by atoms with E-state index in [1.807, 2.05) is 12.1 Å². The molecule has 4 aromatic carbocycles. The standard InChI is InChI=1S/C36H36N2O5/c1-37-11-9-22-17-31-32-19-25(22)27(37)14-20-6-8-29(39)26(13-20)24-7-5-21(16-30(24)40-3)15-28-34-23(10-12-38(28)2)18-33(41-4)35(42-31)36(34)43-32/h5-8,13,16-19,27-28,39H,9-12,14-15H2,1-4H3. The number of hydrogen-bond donors (Lipinski definition) is 1. The summed E-state index contributed by atoms with van der Waals surface area (Å²) in [5.74, 6) is 4.58. The number of phenols is 1. The summed E-state index contributed by atoms with van der Waals surface area (Å²) >= 11 is 0. The van der Waals surface area contributed by atoms with E-state index in [0.717, 1.165) is 89.6 Å². The van der Waals surface area contributed by atoms with Crippen LogP contribution < -0.4 is 18.9 Å². The Bertz CT molecular complexity index is 1780. The smallest absolute Gasteiger partial charge is 0.212 e. The van der Waals surface area contributed by atoms with Crippen molar-refractivity contribution in [3.05, 3.63) is 88.0 Å². The van der Waals surface area contributed by atoms with Gasteiger partial charge in [0.2, 0.25) is 5.75 Å². The Morgan fingerprint density at radius 2 is 1.37 bits per heavy atom. The first-order valence-corrected chi connectivity index (χ1v) is 15.1. The number of nitrogens with zero attached hydrogens (tertiary/aromatic N) is 2. The molecule has 4 aromatic rings. The van der Waals surface area contributed by atoms with Crippen molar-refractivity contribution in [1.29, 1.82) is 0 Å². The summed E-state index contributed by atoms with van der Waals surface area (Å²) in [7, 11) is 7.76. The number of fused-ring (bicyclic) bond motifs is 2. The van der Waals surface area contributed by atoms with Crippen LogP contribution in [0.25, 0.3) is 11.1 Å². The van der Waals surface area contributed by atoms with Crippen LogP contribution in [0.15, 0.2) is 54.6 Å². The van der Waals surface area contributed by atoms with Crippen LogP contribution in [-0.2, 0) is 25.7 Å². The molecule has 0 saturated carbocycles. The lowest BCUT2D eigenvalue weighted by Gasteiger charge is -2.39. The Kier molecular flexibility index (Phi) is 6.10. The Balaban J connectivity index is 1.39. The van der Waals surface area contributed by atoms with E-state index in [1.54, 1.807) is 14.2 Å². The Morgan fingerprint density at radius 3 is 2.19 bits per heavy atom. The Morgan fingerprint density at radius 1 is 0.698 bits per heavy atom. The summed E-state index contributed by atoms with van der Waals surface area (Å²) in [5.41, 5.74) is 8.88. The summed E-state index contributed by atoms with van der Waals surface area (Å²) in [6.45, 7) is 1.87. The molecule has 7 bridgehead atoms. The average Bonchev–Trinajstić information content (AvgIpc) is 3.02. The maximum atomic E-state index is 11.0. The first-order chi connectivity index (χ1) is 20.9. The van der Waals surface area contributed by atoms with Crippen LogP contribution in [0.4, 0.5) is 0 Å². The second-order valence-electron chi connectivity index (χ2n) is 12.3. The van der Waals surface area contributed by atoms with Crippen molar-refractivity contribution in [2.45, 2.75) is 37.8 Å². The molecule has 0 radical (unpaired) electrons. The second kappa shape index (κ2) is 9.93. The monoisotopic (exact) mass is 576 g/mol. The van der Waals surface area contributed by atoms with Gasteiger partial charge in [-0.3, -0.25) is 9.80 Å². The van der Waals surface area contributed by atoms with Crippen LogP contribution in [-0.4, -0.2) is 56.3 Å². The molecular weight excluding hydrogens is 540 g/mol. The van der Waals surface area contributed by atoms with E-state index in [9.17, 15) is 5.11 Å². The highest BCUT2D eigenvalue weighted by Gasteiger charge is 2.37. The van der Waals surface area contributed by atoms with Gasteiger partial charge in [-0.15, -0.1) is 0 Å². The third-order valence-corrected chi connectivity index (χ3v) is 9.87. The number of rotatable bonds is 2. The average molecular weight is 577 g/mol. The first kappa shape index (κ1) is 26.4. The zero-order chi connectivity index (χ0) is 29.4. The van der Waals surface area contributed by atoms with Gasteiger partial charge in [0.25, 0.3) is 0 Å². The van der Waals surface area contributed by atoms with E-state index in [0.29, 0.717) is 11.5 Å². The van der Waals surface area contributed by atoms with Crippen LogP contribution in [0, 0.1) is 0 Å². The molecule has 0 aromatic heterocycles. The number of hydrogen-bond acceptors (Lipinski definition) is 7. The molecule has 0 saturated heterocycles. The summed E-state index contributed by atoms with van der Waals surface area (Å²) in [6.07, 6.45) is 3.39. The number of methoxy groups -OCH3 is 2. The van der Waals surface area contributed by atoms with Gasteiger partial charge in [-0.1, -0.05) is 18.2 Å². The van der Waals surface area contributed by atoms with Crippen LogP contribution in [0.2, 0.25) is 0 Å². The highest BCUT2D eigenvalue weighted by molar-refractivity contribution is 5.77. The molecular formula is C36H36N2O5. The number of likely N-dealkylation sites (N-methyl/N-ethyl adjacent to an activating group) is 2. The van der Waals surface area contributed by atoms with Gasteiger partial charge in [0.15, 0.2) is 23.0 Å². The molecule has 220 valence electrons. The summed E-state index contributed by atoms with van der Waals surface area (Å²) < 4.78 is 25.4. The van der Waals surface area contributed by atoms with E-state index in [4.69, 9.17) is 18.9 Å². The van der Waals surface area contributed by atoms with E-state index in [-0.39, 0.29) is 17.8 Å². The minimum atomic E-state index is 0.0630. The molecule has 5 aliphatic heterocycles. The van der Waals surface area contributed by atoms with Crippen molar-refractivity contribution in [3.63, 3.8) is 0 Å².